The lowest BCUT2D eigenvalue weighted by Crippen LogP contribution is -2.48. The second-order valence-corrected chi connectivity index (χ2v) is 7.03. The third-order valence-corrected chi connectivity index (χ3v) is 5.17. The Labute approximate surface area is 134 Å². The van der Waals surface area contributed by atoms with Crippen LogP contribution < -0.4 is 16.0 Å². The van der Waals surface area contributed by atoms with Gasteiger partial charge in [0.2, 0.25) is 5.91 Å². The van der Waals surface area contributed by atoms with Crippen LogP contribution in [-0.2, 0) is 4.79 Å². The van der Waals surface area contributed by atoms with Crippen LogP contribution in [0.15, 0.2) is 16.8 Å². The van der Waals surface area contributed by atoms with Crippen LogP contribution in [0.3, 0.4) is 0 Å². The molecule has 2 unspecified atom stereocenters. The predicted octanol–water partition coefficient (Wildman–Crippen LogP) is 1.66. The monoisotopic (exact) mass is 321 g/mol. The molecule has 1 aromatic heterocycles. The molecule has 6 heteroatoms. The van der Waals surface area contributed by atoms with E-state index in [1.807, 2.05) is 10.8 Å². The molecule has 0 radical (unpaired) electrons. The third kappa shape index (κ3) is 4.08. The first-order valence-corrected chi connectivity index (χ1v) is 9.01. The van der Waals surface area contributed by atoms with Crippen LogP contribution in [0.2, 0.25) is 0 Å². The summed E-state index contributed by atoms with van der Waals surface area (Å²) >= 11 is 1.51. The van der Waals surface area contributed by atoms with E-state index in [1.54, 1.807) is 6.07 Å². The summed E-state index contributed by atoms with van der Waals surface area (Å²) in [6.07, 6.45) is 5.74. The van der Waals surface area contributed by atoms with Gasteiger partial charge >= 0.3 is 0 Å². The normalized spacial score (nSPS) is 26.6. The summed E-state index contributed by atoms with van der Waals surface area (Å²) in [6.45, 7) is 0.541. The molecule has 22 heavy (non-hydrogen) atoms. The van der Waals surface area contributed by atoms with Crippen molar-refractivity contribution >= 4 is 23.2 Å². The van der Waals surface area contributed by atoms with E-state index in [-0.39, 0.29) is 11.8 Å². The smallest absolute Gasteiger partial charge is 0.252 e. The van der Waals surface area contributed by atoms with Gasteiger partial charge in [0.05, 0.1) is 0 Å². The molecule has 5 nitrogen and oxygen atoms in total. The minimum absolute atomic E-state index is 0.0587. The molecule has 2 aliphatic heterocycles. The number of fused-ring (bicyclic) bond motifs is 2. The molecule has 0 aliphatic carbocycles. The average Bonchev–Trinajstić information content (AvgIpc) is 3.13. The van der Waals surface area contributed by atoms with E-state index in [0.29, 0.717) is 43.1 Å². The van der Waals surface area contributed by atoms with Crippen molar-refractivity contribution in [1.82, 2.24) is 16.0 Å². The van der Waals surface area contributed by atoms with Crippen LogP contribution in [0.1, 0.15) is 48.9 Å². The third-order valence-electron chi connectivity index (χ3n) is 4.49. The Morgan fingerprint density at radius 3 is 2.73 bits per heavy atom. The Bertz CT molecular complexity index is 505. The molecule has 0 saturated carbocycles. The van der Waals surface area contributed by atoms with E-state index in [2.05, 4.69) is 16.0 Å². The van der Waals surface area contributed by atoms with Crippen LogP contribution in [-0.4, -0.2) is 36.5 Å². The predicted molar refractivity (Wildman–Crippen MR) is 87.0 cm³/mol. The molecule has 3 heterocycles. The lowest BCUT2D eigenvalue weighted by atomic mass is 9.99. The summed E-state index contributed by atoms with van der Waals surface area (Å²) in [6, 6.07) is 3.31. The highest BCUT2D eigenvalue weighted by atomic mass is 32.1. The minimum Gasteiger partial charge on any atom is -0.353 e. The lowest BCUT2D eigenvalue weighted by molar-refractivity contribution is -0.122. The average molecular weight is 321 g/mol. The molecule has 0 aromatic carbocycles. The summed E-state index contributed by atoms with van der Waals surface area (Å²) in [4.78, 5) is 23.7. The number of rotatable bonds is 6. The van der Waals surface area contributed by atoms with E-state index in [1.165, 1.54) is 24.2 Å². The molecule has 2 aliphatic rings. The number of carbonyl (C=O) groups is 2. The fourth-order valence-corrected chi connectivity index (χ4v) is 4.06. The van der Waals surface area contributed by atoms with E-state index in [0.717, 1.165) is 12.8 Å². The number of carbonyl (C=O) groups excluding carboxylic acids is 2. The number of nitrogens with one attached hydrogen (secondary N) is 3. The summed E-state index contributed by atoms with van der Waals surface area (Å²) in [5.41, 5.74) is 0.694. The number of hydrogen-bond donors (Lipinski definition) is 3. The molecular formula is C16H23N3O2S. The Morgan fingerprint density at radius 1 is 1.27 bits per heavy atom. The van der Waals surface area contributed by atoms with Gasteiger partial charge in [-0.3, -0.25) is 9.59 Å². The van der Waals surface area contributed by atoms with Crippen molar-refractivity contribution in [2.45, 2.75) is 56.7 Å². The van der Waals surface area contributed by atoms with E-state index < -0.39 is 0 Å². The maximum atomic E-state index is 12.0. The number of thiophene rings is 1. The largest absolute Gasteiger partial charge is 0.353 e. The summed E-state index contributed by atoms with van der Waals surface area (Å²) < 4.78 is 0. The maximum Gasteiger partial charge on any atom is 0.252 e. The topological polar surface area (TPSA) is 70.2 Å². The van der Waals surface area contributed by atoms with Gasteiger partial charge in [0.15, 0.2) is 0 Å². The number of piperidine rings is 1. The summed E-state index contributed by atoms with van der Waals surface area (Å²) in [5.74, 6) is 0.0488. The molecule has 2 atom stereocenters. The highest BCUT2D eigenvalue weighted by molar-refractivity contribution is 7.08. The van der Waals surface area contributed by atoms with Crippen molar-refractivity contribution < 1.29 is 9.59 Å². The first kappa shape index (κ1) is 15.5. The SMILES string of the molecule is O=C(CCCNC(=O)c1ccsc1)NC1CC2CCC(C1)N2. The van der Waals surface area contributed by atoms with E-state index >= 15 is 0 Å². The fraction of sp³-hybridized carbons (Fsp3) is 0.625. The van der Waals surface area contributed by atoms with Gasteiger partial charge in [0, 0.05) is 42.0 Å². The van der Waals surface area contributed by atoms with Crippen LogP contribution in [0.4, 0.5) is 0 Å². The number of amides is 2. The quantitative estimate of drug-likeness (QED) is 0.698. The van der Waals surface area contributed by atoms with Crippen LogP contribution in [0, 0.1) is 0 Å². The van der Waals surface area contributed by atoms with Gasteiger partial charge in [-0.15, -0.1) is 0 Å². The fourth-order valence-electron chi connectivity index (χ4n) is 3.42. The van der Waals surface area contributed by atoms with Crippen molar-refractivity contribution in [1.29, 1.82) is 0 Å². The van der Waals surface area contributed by atoms with Crippen molar-refractivity contribution in [2.75, 3.05) is 6.54 Å². The molecule has 2 bridgehead atoms. The molecule has 1 aromatic rings. The second-order valence-electron chi connectivity index (χ2n) is 6.25. The molecule has 3 N–H and O–H groups in total. The zero-order chi connectivity index (χ0) is 15.4. The molecule has 120 valence electrons. The van der Waals surface area contributed by atoms with Gasteiger partial charge in [-0.25, -0.2) is 0 Å². The first-order chi connectivity index (χ1) is 10.7. The number of hydrogen-bond acceptors (Lipinski definition) is 4. The Morgan fingerprint density at radius 2 is 2.05 bits per heavy atom. The Balaban J connectivity index is 1.30. The Kier molecular flexibility index (Phi) is 5.10. The van der Waals surface area contributed by atoms with Crippen molar-refractivity contribution in [3.05, 3.63) is 22.4 Å². The van der Waals surface area contributed by atoms with Crippen LogP contribution >= 0.6 is 11.3 Å². The summed E-state index contributed by atoms with van der Waals surface area (Å²) in [7, 11) is 0. The van der Waals surface area contributed by atoms with Crippen LogP contribution in [0.5, 0.6) is 0 Å². The van der Waals surface area contributed by atoms with Gasteiger partial charge in [-0.05, 0) is 43.6 Å². The standard InChI is InChI=1S/C16H23N3O2S/c20-15(19-14-8-12-3-4-13(9-14)18-12)2-1-6-17-16(21)11-5-7-22-10-11/h5,7,10,12-14,18H,1-4,6,8-9H2,(H,17,21)(H,19,20). The van der Waals surface area contributed by atoms with E-state index in [4.69, 9.17) is 0 Å². The molecule has 3 rings (SSSR count). The highest BCUT2D eigenvalue weighted by Gasteiger charge is 2.33. The zero-order valence-corrected chi connectivity index (χ0v) is 13.5. The molecule has 2 amide bonds. The molecule has 2 fully saturated rings. The van der Waals surface area contributed by atoms with Crippen LogP contribution in [0.25, 0.3) is 0 Å². The summed E-state index contributed by atoms with van der Waals surface area (Å²) in [5, 5.41) is 13.3. The van der Waals surface area contributed by atoms with Gasteiger partial charge in [0.25, 0.3) is 5.91 Å². The molecular weight excluding hydrogens is 298 g/mol. The van der Waals surface area contributed by atoms with Crippen molar-refractivity contribution in [3.63, 3.8) is 0 Å². The highest BCUT2D eigenvalue weighted by Crippen LogP contribution is 2.26. The Hall–Kier alpha value is -1.40. The van der Waals surface area contributed by atoms with Gasteiger partial charge in [-0.1, -0.05) is 0 Å². The molecule has 0 spiro atoms. The lowest BCUT2D eigenvalue weighted by Gasteiger charge is -2.29. The van der Waals surface area contributed by atoms with Crippen molar-refractivity contribution in [3.8, 4) is 0 Å². The second kappa shape index (κ2) is 7.24. The van der Waals surface area contributed by atoms with Crippen molar-refractivity contribution in [2.24, 2.45) is 0 Å². The van der Waals surface area contributed by atoms with Gasteiger partial charge in [0.1, 0.15) is 0 Å². The zero-order valence-electron chi connectivity index (χ0n) is 12.6. The minimum atomic E-state index is -0.0587. The van der Waals surface area contributed by atoms with Gasteiger partial charge in [-0.2, -0.15) is 11.3 Å². The molecule has 2 saturated heterocycles. The first-order valence-electron chi connectivity index (χ1n) is 8.06. The maximum absolute atomic E-state index is 12.0. The van der Waals surface area contributed by atoms with Gasteiger partial charge < -0.3 is 16.0 Å². The van der Waals surface area contributed by atoms with E-state index in [9.17, 15) is 9.59 Å².